The first-order valence-corrected chi connectivity index (χ1v) is 9.22. The van der Waals surface area contributed by atoms with Crippen molar-refractivity contribution in [2.45, 2.75) is 4.34 Å². The van der Waals surface area contributed by atoms with Gasteiger partial charge in [-0.3, -0.25) is 0 Å². The molecule has 0 atom stereocenters. The first kappa shape index (κ1) is 15.3. The lowest BCUT2D eigenvalue weighted by Crippen LogP contribution is -1.99. The average Bonchev–Trinajstić information content (AvgIpc) is 3.22. The summed E-state index contributed by atoms with van der Waals surface area (Å²) < 4.78 is 12.6. The lowest BCUT2D eigenvalue weighted by molar-refractivity contribution is 0.174. The van der Waals surface area contributed by atoms with Gasteiger partial charge in [-0.05, 0) is 24.5 Å². The van der Waals surface area contributed by atoms with Crippen molar-refractivity contribution in [3.63, 3.8) is 0 Å². The summed E-state index contributed by atoms with van der Waals surface area (Å²) >= 11 is 9.35. The van der Waals surface area contributed by atoms with Crippen LogP contribution in [0.5, 0.6) is 11.5 Å². The first-order valence-electron chi connectivity index (χ1n) is 6.80. The summed E-state index contributed by atoms with van der Waals surface area (Å²) in [5.74, 6) is 1.14. The predicted molar refractivity (Wildman–Crippen MR) is 94.8 cm³/mol. The van der Waals surface area contributed by atoms with Gasteiger partial charge in [0.25, 0.3) is 0 Å². The van der Waals surface area contributed by atoms with Crippen molar-refractivity contribution in [1.82, 2.24) is 9.97 Å². The number of thioether (sulfide) groups is 1. The second-order valence-corrected chi connectivity index (χ2v) is 7.27. The lowest BCUT2D eigenvalue weighted by Gasteiger charge is -2.12. The molecule has 4 rings (SSSR count). The van der Waals surface area contributed by atoms with Crippen LogP contribution in [0.1, 0.15) is 5.69 Å². The number of benzene rings is 1. The lowest BCUT2D eigenvalue weighted by atomic mass is 10.2. The minimum absolute atomic E-state index is 0.138. The summed E-state index contributed by atoms with van der Waals surface area (Å²) in [6, 6.07) is 7.41. The van der Waals surface area contributed by atoms with E-state index in [1.54, 1.807) is 23.9 Å². The number of thiazole rings is 1. The Balaban J connectivity index is 1.83. The molecule has 0 radical (unpaired) electrons. The van der Waals surface area contributed by atoms with E-state index >= 15 is 0 Å². The quantitative estimate of drug-likeness (QED) is 0.678. The standard InChI is InChI=1S/C15H9ClN4O2S2/c1-23-15-20-14-11(24-15)4-8(9(5-17)19-14)18-12-7(16)2-3-10-13(12)22-6-21-10/h2-4,18H,6H2,1H3. The summed E-state index contributed by atoms with van der Waals surface area (Å²) in [5, 5.41) is 13.0. The summed E-state index contributed by atoms with van der Waals surface area (Å²) in [7, 11) is 0. The molecule has 2 aromatic heterocycles. The number of fused-ring (bicyclic) bond motifs is 2. The van der Waals surface area contributed by atoms with E-state index in [-0.39, 0.29) is 12.5 Å². The molecule has 1 aromatic carbocycles. The molecule has 1 N–H and O–H groups in total. The monoisotopic (exact) mass is 376 g/mol. The van der Waals surface area contributed by atoms with Crippen LogP contribution in [0.2, 0.25) is 5.02 Å². The summed E-state index contributed by atoms with van der Waals surface area (Å²) in [4.78, 5) is 8.71. The van der Waals surface area contributed by atoms with Gasteiger partial charge in [0, 0.05) is 0 Å². The van der Waals surface area contributed by atoms with Gasteiger partial charge in [-0.25, -0.2) is 9.97 Å². The number of halogens is 1. The molecule has 1 aliphatic heterocycles. The number of hydrogen-bond donors (Lipinski definition) is 1. The number of nitrogens with one attached hydrogen (secondary N) is 1. The van der Waals surface area contributed by atoms with Gasteiger partial charge in [0.1, 0.15) is 11.8 Å². The summed E-state index contributed by atoms with van der Waals surface area (Å²) in [6.45, 7) is 0.138. The highest BCUT2D eigenvalue weighted by atomic mass is 35.5. The Labute approximate surface area is 150 Å². The largest absolute Gasteiger partial charge is 0.454 e. The van der Waals surface area contributed by atoms with Crippen molar-refractivity contribution < 1.29 is 9.47 Å². The van der Waals surface area contributed by atoms with Crippen molar-refractivity contribution in [1.29, 1.82) is 5.26 Å². The third-order valence-corrected chi connectivity index (χ3v) is 5.68. The molecule has 0 amide bonds. The van der Waals surface area contributed by atoms with Crippen LogP contribution in [0.4, 0.5) is 11.4 Å². The van der Waals surface area contributed by atoms with Crippen LogP contribution in [0.25, 0.3) is 10.3 Å². The normalized spacial score (nSPS) is 12.4. The van der Waals surface area contributed by atoms with E-state index in [2.05, 4.69) is 21.4 Å². The van der Waals surface area contributed by atoms with Crippen LogP contribution >= 0.6 is 34.7 Å². The maximum absolute atomic E-state index is 9.41. The first-order chi connectivity index (χ1) is 11.7. The van der Waals surface area contributed by atoms with Crippen molar-refractivity contribution in [3.05, 3.63) is 28.9 Å². The molecule has 6 nitrogen and oxygen atoms in total. The van der Waals surface area contributed by atoms with Gasteiger partial charge in [-0.2, -0.15) is 5.26 Å². The number of nitriles is 1. The molecule has 3 aromatic rings. The molecular weight excluding hydrogens is 368 g/mol. The van der Waals surface area contributed by atoms with Crippen LogP contribution in [0, 0.1) is 11.3 Å². The Morgan fingerprint density at radius 2 is 2.25 bits per heavy atom. The molecule has 120 valence electrons. The van der Waals surface area contributed by atoms with Gasteiger partial charge in [0.2, 0.25) is 6.79 Å². The fourth-order valence-corrected chi connectivity index (χ4v) is 3.97. The molecule has 1 aliphatic rings. The van der Waals surface area contributed by atoms with Gasteiger partial charge in [0.05, 0.1) is 15.4 Å². The average molecular weight is 377 g/mol. The third kappa shape index (κ3) is 2.51. The molecule has 0 spiro atoms. The van der Waals surface area contributed by atoms with Crippen LogP contribution in [-0.2, 0) is 0 Å². The van der Waals surface area contributed by atoms with Gasteiger partial charge in [-0.15, -0.1) is 11.3 Å². The minimum Gasteiger partial charge on any atom is -0.454 e. The minimum atomic E-state index is 0.138. The Morgan fingerprint density at radius 1 is 1.38 bits per heavy atom. The van der Waals surface area contributed by atoms with Gasteiger partial charge in [-0.1, -0.05) is 23.4 Å². The SMILES string of the molecule is CSc1nc2nc(C#N)c(Nc3c(Cl)ccc4c3OCO4)cc2s1. The Bertz CT molecular complexity index is 999. The van der Waals surface area contributed by atoms with Gasteiger partial charge < -0.3 is 14.8 Å². The van der Waals surface area contributed by atoms with Crippen molar-refractivity contribution >= 4 is 56.4 Å². The number of nitrogens with zero attached hydrogens (tertiary/aromatic N) is 3. The number of pyridine rings is 1. The van der Waals surface area contributed by atoms with Crippen LogP contribution in [0.3, 0.4) is 0 Å². The molecule has 0 saturated carbocycles. The zero-order chi connectivity index (χ0) is 16.7. The van der Waals surface area contributed by atoms with Crippen molar-refractivity contribution in [2.24, 2.45) is 0 Å². The summed E-state index contributed by atoms with van der Waals surface area (Å²) in [5.41, 5.74) is 1.91. The Morgan fingerprint density at radius 3 is 3.04 bits per heavy atom. The second-order valence-electron chi connectivity index (χ2n) is 4.78. The highest BCUT2D eigenvalue weighted by Gasteiger charge is 2.22. The summed E-state index contributed by atoms with van der Waals surface area (Å²) in [6.07, 6.45) is 1.95. The van der Waals surface area contributed by atoms with Crippen LogP contribution < -0.4 is 14.8 Å². The number of hydrogen-bond acceptors (Lipinski definition) is 8. The van der Waals surface area contributed by atoms with Gasteiger partial charge in [0.15, 0.2) is 27.2 Å². The topological polar surface area (TPSA) is 80.1 Å². The molecule has 9 heteroatoms. The Kier molecular flexibility index (Phi) is 3.84. The number of rotatable bonds is 3. The second kappa shape index (κ2) is 6.02. The van der Waals surface area contributed by atoms with Crippen LogP contribution in [-0.4, -0.2) is 23.0 Å². The fourth-order valence-electron chi connectivity index (χ4n) is 2.31. The molecule has 24 heavy (non-hydrogen) atoms. The molecular formula is C15H9ClN4O2S2. The van der Waals surface area contributed by atoms with E-state index in [0.717, 1.165) is 9.04 Å². The zero-order valence-electron chi connectivity index (χ0n) is 12.3. The molecule has 0 bridgehead atoms. The predicted octanol–water partition coefficient (Wildman–Crippen LogP) is 4.41. The van der Waals surface area contributed by atoms with E-state index < -0.39 is 0 Å². The Hall–Kier alpha value is -2.21. The van der Waals surface area contributed by atoms with Crippen LogP contribution in [0.15, 0.2) is 22.5 Å². The van der Waals surface area contributed by atoms with E-state index in [1.165, 1.54) is 11.3 Å². The van der Waals surface area contributed by atoms with E-state index in [4.69, 9.17) is 21.1 Å². The number of ether oxygens (including phenoxy) is 2. The molecule has 0 saturated heterocycles. The highest BCUT2D eigenvalue weighted by Crippen LogP contribution is 2.45. The fraction of sp³-hybridized carbons (Fsp3) is 0.133. The third-order valence-electron chi connectivity index (χ3n) is 3.39. The van der Waals surface area contributed by atoms with Crippen molar-refractivity contribution in [2.75, 3.05) is 18.4 Å². The highest BCUT2D eigenvalue weighted by molar-refractivity contribution is 8.00. The molecule has 0 unspecified atom stereocenters. The van der Waals surface area contributed by atoms with E-state index in [1.807, 2.05) is 12.3 Å². The van der Waals surface area contributed by atoms with Crippen molar-refractivity contribution in [3.8, 4) is 17.6 Å². The smallest absolute Gasteiger partial charge is 0.231 e. The molecule has 0 aliphatic carbocycles. The number of anilines is 2. The van der Waals surface area contributed by atoms with Gasteiger partial charge >= 0.3 is 0 Å². The maximum atomic E-state index is 9.41. The van der Waals surface area contributed by atoms with E-state index in [0.29, 0.717) is 33.5 Å². The maximum Gasteiger partial charge on any atom is 0.231 e. The molecule has 0 fully saturated rings. The zero-order valence-corrected chi connectivity index (χ0v) is 14.7. The van der Waals surface area contributed by atoms with E-state index in [9.17, 15) is 5.26 Å². The number of aromatic nitrogens is 2. The molecule has 3 heterocycles.